The molecular weight excluding hydrogens is 497 g/mol. The summed E-state index contributed by atoms with van der Waals surface area (Å²) in [5, 5.41) is 4.07. The average molecular weight is 521 g/mol. The zero-order valence-corrected chi connectivity index (χ0v) is 20.2. The number of fused-ring (bicyclic) bond motifs is 1. The number of alkyl halides is 4. The number of hydrogen-bond acceptors (Lipinski definition) is 3. The van der Waals surface area contributed by atoms with Gasteiger partial charge < -0.3 is 4.90 Å². The number of aryl methyl sites for hydroxylation is 2. The first kappa shape index (κ1) is 23.5. The summed E-state index contributed by atoms with van der Waals surface area (Å²) in [6, 6.07) is 7.19. The maximum atomic E-state index is 13.7. The lowest BCUT2D eigenvalue weighted by Gasteiger charge is -2.34. The number of carbonyl (C=O) groups excluding carboxylic acids is 1. The Morgan fingerprint density at radius 3 is 2.55 bits per heavy atom. The molecule has 174 valence electrons. The molecule has 1 aliphatic rings. The van der Waals surface area contributed by atoms with E-state index in [1.165, 1.54) is 13.2 Å². The normalized spacial score (nSPS) is 15.0. The van der Waals surface area contributed by atoms with E-state index in [4.69, 9.17) is 0 Å². The minimum Gasteiger partial charge on any atom is -0.330 e. The topological polar surface area (TPSA) is 51.0 Å². The van der Waals surface area contributed by atoms with Crippen LogP contribution in [-0.2, 0) is 31.4 Å². The van der Waals surface area contributed by atoms with E-state index < -0.39 is 11.9 Å². The molecule has 5 nitrogen and oxygen atoms in total. The number of halogens is 4. The predicted octanol–water partition coefficient (Wildman–Crippen LogP) is 5.72. The van der Waals surface area contributed by atoms with Crippen LogP contribution in [0.2, 0.25) is 0 Å². The summed E-state index contributed by atoms with van der Waals surface area (Å²) in [6.45, 7) is 4.39. The van der Waals surface area contributed by atoms with Crippen molar-refractivity contribution in [3.8, 4) is 11.1 Å². The molecule has 1 atom stereocenters. The van der Waals surface area contributed by atoms with Gasteiger partial charge in [-0.1, -0.05) is 22.9 Å². The Kier molecular flexibility index (Phi) is 6.35. The SMILES string of the molecule is CCc1ccnc([C@H](C)N2CCc3c(cc(CBr)cc3-c3cn(C)nc3C(F)(F)F)C2=O)c1. The van der Waals surface area contributed by atoms with Gasteiger partial charge in [-0.3, -0.25) is 14.5 Å². The van der Waals surface area contributed by atoms with Crippen LogP contribution in [0, 0.1) is 0 Å². The maximum absolute atomic E-state index is 13.7. The largest absolute Gasteiger partial charge is 0.435 e. The van der Waals surface area contributed by atoms with E-state index >= 15 is 0 Å². The highest BCUT2D eigenvalue weighted by Gasteiger charge is 2.39. The highest BCUT2D eigenvalue weighted by Crippen LogP contribution is 2.40. The Hall–Kier alpha value is -2.68. The third-order valence-corrected chi connectivity index (χ3v) is 6.74. The number of nitrogens with zero attached hydrogens (tertiary/aromatic N) is 4. The molecule has 0 unspecified atom stereocenters. The third-order valence-electron chi connectivity index (χ3n) is 6.09. The number of hydrogen-bond donors (Lipinski definition) is 0. The van der Waals surface area contributed by atoms with Crippen LogP contribution in [-0.4, -0.2) is 32.1 Å². The molecule has 3 aromatic rings. The van der Waals surface area contributed by atoms with Gasteiger partial charge in [0.25, 0.3) is 5.91 Å². The van der Waals surface area contributed by atoms with Gasteiger partial charge in [-0.2, -0.15) is 18.3 Å². The van der Waals surface area contributed by atoms with E-state index in [9.17, 15) is 18.0 Å². The van der Waals surface area contributed by atoms with Gasteiger partial charge in [-0.05, 0) is 66.3 Å². The van der Waals surface area contributed by atoms with Crippen LogP contribution in [0.4, 0.5) is 13.2 Å². The molecule has 1 aliphatic heterocycles. The molecule has 0 aliphatic carbocycles. The summed E-state index contributed by atoms with van der Waals surface area (Å²) in [5.41, 5.74) is 3.19. The Balaban J connectivity index is 1.79. The van der Waals surface area contributed by atoms with Crippen LogP contribution < -0.4 is 0 Å². The van der Waals surface area contributed by atoms with Gasteiger partial charge >= 0.3 is 6.18 Å². The Labute approximate surface area is 198 Å². The van der Waals surface area contributed by atoms with E-state index in [0.29, 0.717) is 35.0 Å². The van der Waals surface area contributed by atoms with E-state index in [-0.39, 0.29) is 17.5 Å². The number of benzene rings is 1. The van der Waals surface area contributed by atoms with E-state index in [1.54, 1.807) is 23.2 Å². The minimum absolute atomic E-state index is 0.00402. The molecule has 0 radical (unpaired) electrons. The highest BCUT2D eigenvalue weighted by atomic mass is 79.9. The number of carbonyl (C=O) groups is 1. The van der Waals surface area contributed by atoms with Gasteiger partial charge in [-0.25, -0.2) is 0 Å². The molecule has 0 spiro atoms. The molecule has 1 amide bonds. The predicted molar refractivity (Wildman–Crippen MR) is 123 cm³/mol. The standard InChI is InChI=1S/C24H24BrF3N4O/c1-4-15-5-7-29-21(11-15)14(2)32-8-6-17-18(9-16(12-25)10-19(17)23(32)33)20-13-31(3)30-22(20)24(26,27)28/h5,7,9-11,13-14H,4,6,8,12H2,1-3H3/t14-/m0/s1. The molecule has 33 heavy (non-hydrogen) atoms. The van der Waals surface area contributed by atoms with Gasteiger partial charge in [-0.15, -0.1) is 0 Å². The van der Waals surface area contributed by atoms with Gasteiger partial charge in [0.1, 0.15) is 0 Å². The second kappa shape index (κ2) is 8.93. The van der Waals surface area contributed by atoms with Crippen LogP contribution in [0.25, 0.3) is 11.1 Å². The van der Waals surface area contributed by atoms with Crippen molar-refractivity contribution in [2.75, 3.05) is 6.54 Å². The fourth-order valence-electron chi connectivity index (χ4n) is 4.36. The molecule has 0 N–H and O–H groups in total. The quantitative estimate of drug-likeness (QED) is 0.404. The van der Waals surface area contributed by atoms with Crippen molar-refractivity contribution in [1.82, 2.24) is 19.7 Å². The Morgan fingerprint density at radius 1 is 1.15 bits per heavy atom. The molecule has 0 saturated carbocycles. The summed E-state index contributed by atoms with van der Waals surface area (Å²) in [6.07, 6.45) is -0.166. The molecule has 4 rings (SSSR count). The van der Waals surface area contributed by atoms with Crippen molar-refractivity contribution >= 4 is 21.8 Å². The number of pyridine rings is 1. The van der Waals surface area contributed by atoms with Gasteiger partial charge in [0.05, 0.1) is 11.7 Å². The first-order valence-electron chi connectivity index (χ1n) is 10.7. The van der Waals surface area contributed by atoms with E-state index in [0.717, 1.165) is 27.9 Å². The summed E-state index contributed by atoms with van der Waals surface area (Å²) in [7, 11) is 1.46. The van der Waals surface area contributed by atoms with Gasteiger partial charge in [0.2, 0.25) is 0 Å². The second-order valence-corrected chi connectivity index (χ2v) is 8.79. The summed E-state index contributed by atoms with van der Waals surface area (Å²) >= 11 is 3.39. The van der Waals surface area contributed by atoms with Crippen molar-refractivity contribution in [1.29, 1.82) is 0 Å². The second-order valence-electron chi connectivity index (χ2n) is 8.23. The smallest absolute Gasteiger partial charge is 0.330 e. The van der Waals surface area contributed by atoms with Crippen LogP contribution in [0.3, 0.4) is 0 Å². The summed E-state index contributed by atoms with van der Waals surface area (Å²) < 4.78 is 42.2. The maximum Gasteiger partial charge on any atom is 0.435 e. The zero-order chi connectivity index (χ0) is 23.9. The number of amides is 1. The third kappa shape index (κ3) is 4.43. The van der Waals surface area contributed by atoms with E-state index in [1.807, 2.05) is 19.1 Å². The van der Waals surface area contributed by atoms with Crippen LogP contribution in [0.15, 0.2) is 36.7 Å². The van der Waals surface area contributed by atoms with Crippen molar-refractivity contribution in [3.63, 3.8) is 0 Å². The van der Waals surface area contributed by atoms with Crippen molar-refractivity contribution in [2.45, 2.75) is 44.2 Å². The first-order valence-corrected chi connectivity index (χ1v) is 11.8. The summed E-state index contributed by atoms with van der Waals surface area (Å²) in [5.74, 6) is -0.200. The summed E-state index contributed by atoms with van der Waals surface area (Å²) in [4.78, 5) is 19.8. The van der Waals surface area contributed by atoms with Crippen molar-refractivity contribution in [2.24, 2.45) is 7.05 Å². The van der Waals surface area contributed by atoms with E-state index in [2.05, 4.69) is 32.9 Å². The first-order chi connectivity index (χ1) is 15.6. The lowest BCUT2D eigenvalue weighted by molar-refractivity contribution is -0.140. The molecule has 2 aromatic heterocycles. The molecule has 0 fully saturated rings. The molecule has 0 saturated heterocycles. The molecule has 3 heterocycles. The van der Waals surface area contributed by atoms with Crippen LogP contribution in [0.1, 0.15) is 58.3 Å². The monoisotopic (exact) mass is 520 g/mol. The van der Waals surface area contributed by atoms with Crippen LogP contribution in [0.5, 0.6) is 0 Å². The molecule has 0 bridgehead atoms. The lowest BCUT2D eigenvalue weighted by Crippen LogP contribution is -2.40. The minimum atomic E-state index is -4.59. The zero-order valence-electron chi connectivity index (χ0n) is 18.6. The highest BCUT2D eigenvalue weighted by molar-refractivity contribution is 9.08. The van der Waals surface area contributed by atoms with Crippen molar-refractivity contribution in [3.05, 3.63) is 70.3 Å². The molecule has 9 heteroatoms. The Morgan fingerprint density at radius 2 is 1.88 bits per heavy atom. The molecular formula is C24H24BrF3N4O. The lowest BCUT2D eigenvalue weighted by atomic mass is 9.88. The van der Waals surface area contributed by atoms with Gasteiger partial charge in [0.15, 0.2) is 5.69 Å². The fourth-order valence-corrected chi connectivity index (χ4v) is 4.69. The Bertz CT molecular complexity index is 1200. The number of aromatic nitrogens is 3. The van der Waals surface area contributed by atoms with Gasteiger partial charge in [0, 0.05) is 42.4 Å². The van der Waals surface area contributed by atoms with Crippen LogP contribution >= 0.6 is 15.9 Å². The average Bonchev–Trinajstić information content (AvgIpc) is 3.20. The van der Waals surface area contributed by atoms with Crippen molar-refractivity contribution < 1.29 is 18.0 Å². The molecule has 1 aromatic carbocycles. The number of rotatable bonds is 5. The fraction of sp³-hybridized carbons (Fsp3) is 0.375.